The molecule has 2 amide bonds. The molecule has 1 unspecified atom stereocenters. The normalized spacial score (nSPS) is 13.2. The van der Waals surface area contributed by atoms with Gasteiger partial charge in [0.2, 0.25) is 0 Å². The first-order valence-electron chi connectivity index (χ1n) is 10.7. The van der Waals surface area contributed by atoms with Crippen LogP contribution in [0.5, 0.6) is 0 Å². The molecule has 0 saturated heterocycles. The highest BCUT2D eigenvalue weighted by molar-refractivity contribution is 7.82. The predicted molar refractivity (Wildman–Crippen MR) is 132 cm³/mol. The molecule has 2 atom stereocenters. The van der Waals surface area contributed by atoms with Crippen molar-refractivity contribution in [2.24, 2.45) is 0 Å². The number of nitrogens with one attached hydrogen (secondary N) is 2. The topological polar surface area (TPSA) is 75.3 Å². The molecular formula is C25H25F3N2O3S2. The maximum Gasteiger partial charge on any atom is 0.416 e. The van der Waals surface area contributed by atoms with E-state index in [1.165, 1.54) is 29.7 Å². The van der Waals surface area contributed by atoms with Gasteiger partial charge in [-0.2, -0.15) is 13.2 Å². The Hall–Kier alpha value is -2.98. The monoisotopic (exact) mass is 522 g/mol. The zero-order chi connectivity index (χ0) is 25.9. The third-order valence-corrected chi connectivity index (χ3v) is 7.07. The van der Waals surface area contributed by atoms with E-state index in [-0.39, 0.29) is 11.9 Å². The van der Waals surface area contributed by atoms with Crippen molar-refractivity contribution in [1.82, 2.24) is 10.0 Å². The second-order valence-corrected chi connectivity index (χ2v) is 10.7. The fraction of sp³-hybridized carbons (Fsp3) is 0.280. The lowest BCUT2D eigenvalue weighted by molar-refractivity contribution is -0.137. The molecule has 10 heteroatoms. The number of alkyl halides is 3. The van der Waals surface area contributed by atoms with Gasteiger partial charge in [0.15, 0.2) is 0 Å². The molecule has 3 rings (SSSR count). The summed E-state index contributed by atoms with van der Waals surface area (Å²) in [5.41, 5.74) is 2.42. The Morgan fingerprint density at radius 3 is 2.11 bits per heavy atom. The summed E-state index contributed by atoms with van der Waals surface area (Å²) in [6.45, 7) is 5.56. The van der Waals surface area contributed by atoms with Gasteiger partial charge in [-0.1, -0.05) is 24.3 Å². The molecule has 35 heavy (non-hydrogen) atoms. The van der Waals surface area contributed by atoms with Gasteiger partial charge >= 0.3 is 6.18 Å². The molecule has 0 fully saturated rings. The summed E-state index contributed by atoms with van der Waals surface area (Å²) in [7, 11) is -1.47. The van der Waals surface area contributed by atoms with Gasteiger partial charge in [0.25, 0.3) is 11.8 Å². The van der Waals surface area contributed by atoms with Crippen LogP contribution < -0.4 is 10.0 Å². The van der Waals surface area contributed by atoms with Crippen LogP contribution in [0.1, 0.15) is 65.7 Å². The number of hydrogen-bond donors (Lipinski definition) is 2. The van der Waals surface area contributed by atoms with E-state index >= 15 is 0 Å². The van der Waals surface area contributed by atoms with Crippen molar-refractivity contribution in [3.05, 3.63) is 91.7 Å². The number of aryl methyl sites for hydroxylation is 2. The third kappa shape index (κ3) is 6.58. The zero-order valence-corrected chi connectivity index (χ0v) is 21.2. The molecule has 0 radical (unpaired) electrons. The van der Waals surface area contributed by atoms with E-state index in [4.69, 9.17) is 0 Å². The smallest absolute Gasteiger partial charge is 0.345 e. The fourth-order valence-corrected chi connectivity index (χ4v) is 5.17. The van der Waals surface area contributed by atoms with Gasteiger partial charge < -0.3 is 5.32 Å². The largest absolute Gasteiger partial charge is 0.416 e. The summed E-state index contributed by atoms with van der Waals surface area (Å²) in [5.74, 6) is -0.726. The quantitative estimate of drug-likeness (QED) is 0.431. The lowest BCUT2D eigenvalue weighted by Gasteiger charge is -2.16. The van der Waals surface area contributed by atoms with Crippen LogP contribution in [-0.2, 0) is 23.6 Å². The van der Waals surface area contributed by atoms with Gasteiger partial charge in [0.1, 0.15) is 11.0 Å². The number of amides is 2. The van der Waals surface area contributed by atoms with Gasteiger partial charge in [-0.3, -0.25) is 14.3 Å². The molecule has 2 aromatic carbocycles. The standard InChI is InChI=1S/C25H25F3N2O3S2/c1-14(18-7-9-19(10-8-18)23(31)30-35(4)33)29-24(32)22-16(3)34-15(2)21(22)13-17-5-11-20(12-6-17)25(26,27)28/h5-12,14H,13H2,1-4H3,(H,29,32)(H,30,31)/t14-,35?/m0/s1. The van der Waals surface area contributed by atoms with Gasteiger partial charge in [-0.25, -0.2) is 4.21 Å². The molecule has 0 spiro atoms. The summed E-state index contributed by atoms with van der Waals surface area (Å²) in [6, 6.07) is 11.2. The minimum absolute atomic E-state index is 0.274. The van der Waals surface area contributed by atoms with Crippen molar-refractivity contribution in [3.8, 4) is 0 Å². The molecule has 1 heterocycles. The number of carbonyl (C=O) groups excluding carboxylic acids is 2. The van der Waals surface area contributed by atoms with Crippen LogP contribution in [0.4, 0.5) is 13.2 Å². The minimum atomic E-state index is -4.40. The highest BCUT2D eigenvalue weighted by Gasteiger charge is 2.30. The van der Waals surface area contributed by atoms with Crippen molar-refractivity contribution in [2.45, 2.75) is 39.4 Å². The van der Waals surface area contributed by atoms with E-state index in [1.807, 2.05) is 20.8 Å². The minimum Gasteiger partial charge on any atom is -0.345 e. The third-order valence-electron chi connectivity index (χ3n) is 5.53. The Morgan fingerprint density at radius 2 is 1.57 bits per heavy atom. The lowest BCUT2D eigenvalue weighted by atomic mass is 9.98. The van der Waals surface area contributed by atoms with E-state index in [0.717, 1.165) is 33.0 Å². The number of thiophene rings is 1. The first-order valence-corrected chi connectivity index (χ1v) is 13.0. The van der Waals surface area contributed by atoms with Crippen molar-refractivity contribution in [1.29, 1.82) is 0 Å². The van der Waals surface area contributed by atoms with Crippen LogP contribution in [0.15, 0.2) is 48.5 Å². The van der Waals surface area contributed by atoms with Crippen LogP contribution in [0.3, 0.4) is 0 Å². The van der Waals surface area contributed by atoms with Crippen LogP contribution in [0, 0.1) is 13.8 Å². The van der Waals surface area contributed by atoms with Crippen LogP contribution in [0.25, 0.3) is 0 Å². The average molecular weight is 523 g/mol. The van der Waals surface area contributed by atoms with Crippen molar-refractivity contribution in [2.75, 3.05) is 6.26 Å². The van der Waals surface area contributed by atoms with Crippen molar-refractivity contribution < 1.29 is 27.0 Å². The second kappa shape index (κ2) is 10.7. The fourth-order valence-electron chi connectivity index (χ4n) is 3.72. The molecule has 3 aromatic rings. The second-order valence-electron chi connectivity index (χ2n) is 8.14. The molecule has 0 bridgehead atoms. The molecule has 5 nitrogen and oxygen atoms in total. The van der Waals surface area contributed by atoms with Gasteiger partial charge in [-0.15, -0.1) is 11.3 Å². The maximum absolute atomic E-state index is 13.2. The SMILES string of the molecule is Cc1sc(C)c(C(=O)N[C@@H](C)c2ccc(C(=O)NS(C)=O)cc2)c1Cc1ccc(C(F)(F)F)cc1. The predicted octanol–water partition coefficient (Wildman–Crippen LogP) is 5.49. The number of hydrogen-bond acceptors (Lipinski definition) is 4. The molecule has 0 aliphatic heterocycles. The Labute approximate surface area is 208 Å². The maximum atomic E-state index is 13.2. The summed E-state index contributed by atoms with van der Waals surface area (Å²) in [6.07, 6.45) is -2.69. The highest BCUT2D eigenvalue weighted by atomic mass is 32.2. The van der Waals surface area contributed by atoms with Gasteiger partial charge in [0, 0.05) is 21.6 Å². The highest BCUT2D eigenvalue weighted by Crippen LogP contribution is 2.32. The van der Waals surface area contributed by atoms with Gasteiger partial charge in [0.05, 0.1) is 17.2 Å². The molecule has 2 N–H and O–H groups in total. The molecule has 0 saturated carbocycles. The molecule has 186 valence electrons. The summed E-state index contributed by atoms with van der Waals surface area (Å²) in [4.78, 5) is 26.9. The summed E-state index contributed by atoms with van der Waals surface area (Å²) < 4.78 is 52.1. The number of benzene rings is 2. The average Bonchev–Trinajstić information content (AvgIpc) is 3.05. The number of carbonyl (C=O) groups is 2. The molecule has 1 aromatic heterocycles. The Balaban J connectivity index is 1.76. The summed E-state index contributed by atoms with van der Waals surface area (Å²) >= 11 is 1.47. The first kappa shape index (κ1) is 26.6. The van der Waals surface area contributed by atoms with Crippen LogP contribution >= 0.6 is 11.3 Å². The number of rotatable bonds is 7. The molecule has 0 aliphatic rings. The van der Waals surface area contributed by atoms with Crippen molar-refractivity contribution >= 4 is 34.1 Å². The van der Waals surface area contributed by atoms with Gasteiger partial charge in [-0.05, 0) is 68.1 Å². The zero-order valence-electron chi connectivity index (χ0n) is 19.6. The van der Waals surface area contributed by atoms with E-state index in [0.29, 0.717) is 23.1 Å². The Morgan fingerprint density at radius 1 is 0.971 bits per heavy atom. The van der Waals surface area contributed by atoms with E-state index in [1.54, 1.807) is 24.3 Å². The Kier molecular flexibility index (Phi) is 8.17. The van der Waals surface area contributed by atoms with Crippen LogP contribution in [-0.4, -0.2) is 22.3 Å². The summed E-state index contributed by atoms with van der Waals surface area (Å²) in [5, 5.41) is 2.97. The molecule has 0 aliphatic carbocycles. The van der Waals surface area contributed by atoms with Crippen LogP contribution in [0.2, 0.25) is 0 Å². The van der Waals surface area contributed by atoms with E-state index in [9.17, 15) is 27.0 Å². The van der Waals surface area contributed by atoms with E-state index in [2.05, 4.69) is 10.0 Å². The lowest BCUT2D eigenvalue weighted by Crippen LogP contribution is -2.28. The Bertz CT molecular complexity index is 1250. The van der Waals surface area contributed by atoms with Crippen molar-refractivity contribution in [3.63, 3.8) is 0 Å². The molecular weight excluding hydrogens is 497 g/mol. The number of halogens is 3. The van der Waals surface area contributed by atoms with E-state index < -0.39 is 28.6 Å². The first-order chi connectivity index (χ1) is 16.4.